The van der Waals surface area contributed by atoms with E-state index in [4.69, 9.17) is 4.74 Å². The summed E-state index contributed by atoms with van der Waals surface area (Å²) < 4.78 is 6.39. The molecule has 0 aliphatic carbocycles. The molecule has 1 fully saturated rings. The molecule has 0 bridgehead atoms. The van der Waals surface area contributed by atoms with Gasteiger partial charge in [0.1, 0.15) is 0 Å². The maximum Gasteiger partial charge on any atom is 0.319 e. The maximum atomic E-state index is 12.2. The summed E-state index contributed by atoms with van der Waals surface area (Å²) >= 11 is 3.48. The van der Waals surface area contributed by atoms with Crippen LogP contribution in [-0.4, -0.2) is 37.2 Å². The van der Waals surface area contributed by atoms with Crippen LogP contribution in [0.25, 0.3) is 0 Å². The van der Waals surface area contributed by atoms with Gasteiger partial charge in [-0.25, -0.2) is 4.79 Å². The molecule has 2 N–H and O–H groups in total. The topological polar surface area (TPSA) is 53.6 Å². The van der Waals surface area contributed by atoms with E-state index in [1.165, 1.54) is 5.56 Å². The lowest BCUT2D eigenvalue weighted by Crippen LogP contribution is -2.36. The first-order chi connectivity index (χ1) is 12.6. The average Bonchev–Trinajstić information content (AvgIpc) is 2.65. The second-order valence-corrected chi connectivity index (χ2v) is 7.28. The predicted molar refractivity (Wildman–Crippen MR) is 107 cm³/mol. The van der Waals surface area contributed by atoms with Crippen molar-refractivity contribution in [2.45, 2.75) is 20.0 Å². The van der Waals surface area contributed by atoms with Crippen LogP contribution < -0.4 is 10.6 Å². The van der Waals surface area contributed by atoms with Crippen LogP contribution in [0.1, 0.15) is 16.7 Å². The predicted octanol–water partition coefficient (Wildman–Crippen LogP) is 3.91. The van der Waals surface area contributed by atoms with Crippen LogP contribution in [0.5, 0.6) is 0 Å². The van der Waals surface area contributed by atoms with E-state index in [0.29, 0.717) is 6.54 Å². The summed E-state index contributed by atoms with van der Waals surface area (Å²) in [4.78, 5) is 14.6. The van der Waals surface area contributed by atoms with Crippen molar-refractivity contribution in [3.8, 4) is 0 Å². The Morgan fingerprint density at radius 2 is 1.88 bits per heavy atom. The third-order valence-corrected chi connectivity index (χ3v) is 5.34. The molecule has 138 valence electrons. The van der Waals surface area contributed by atoms with Crippen LogP contribution in [0.15, 0.2) is 46.9 Å². The van der Waals surface area contributed by atoms with Crippen LogP contribution in [-0.2, 0) is 17.8 Å². The molecule has 0 aromatic heterocycles. The highest BCUT2D eigenvalue weighted by atomic mass is 79.9. The Morgan fingerprint density at radius 1 is 1.15 bits per heavy atom. The Morgan fingerprint density at radius 3 is 2.62 bits per heavy atom. The van der Waals surface area contributed by atoms with E-state index in [1.807, 2.05) is 37.3 Å². The molecule has 1 aliphatic rings. The number of aryl methyl sites for hydroxylation is 1. The number of carbonyl (C=O) groups excluding carboxylic acids is 1. The highest BCUT2D eigenvalue weighted by Gasteiger charge is 2.13. The largest absolute Gasteiger partial charge is 0.379 e. The summed E-state index contributed by atoms with van der Waals surface area (Å²) in [7, 11) is 0. The fourth-order valence-electron chi connectivity index (χ4n) is 2.91. The number of hydrogen-bond acceptors (Lipinski definition) is 3. The number of rotatable bonds is 5. The smallest absolute Gasteiger partial charge is 0.319 e. The minimum Gasteiger partial charge on any atom is -0.379 e. The average molecular weight is 418 g/mol. The molecular formula is C20H24BrN3O2. The molecule has 0 atom stereocenters. The monoisotopic (exact) mass is 417 g/mol. The zero-order chi connectivity index (χ0) is 18.4. The molecule has 0 spiro atoms. The van der Waals surface area contributed by atoms with Crippen molar-refractivity contribution in [3.63, 3.8) is 0 Å². The number of benzene rings is 2. The van der Waals surface area contributed by atoms with Crippen molar-refractivity contribution in [2.75, 3.05) is 31.6 Å². The number of amides is 2. The molecular weight excluding hydrogens is 394 g/mol. The van der Waals surface area contributed by atoms with Gasteiger partial charge >= 0.3 is 6.03 Å². The van der Waals surface area contributed by atoms with Gasteiger partial charge in [0.25, 0.3) is 0 Å². The number of morpholine rings is 1. The van der Waals surface area contributed by atoms with Crippen LogP contribution >= 0.6 is 15.9 Å². The number of anilines is 1. The first kappa shape index (κ1) is 18.9. The molecule has 1 heterocycles. The number of urea groups is 1. The van der Waals surface area contributed by atoms with E-state index in [-0.39, 0.29) is 6.03 Å². The van der Waals surface area contributed by atoms with Crippen LogP contribution in [0.4, 0.5) is 10.5 Å². The van der Waals surface area contributed by atoms with E-state index in [2.05, 4.69) is 43.6 Å². The molecule has 1 aliphatic heterocycles. The van der Waals surface area contributed by atoms with Crippen molar-refractivity contribution in [1.82, 2.24) is 10.2 Å². The van der Waals surface area contributed by atoms with Gasteiger partial charge in [-0.2, -0.15) is 0 Å². The SMILES string of the molecule is Cc1ccc(NC(=O)NCc2ccccc2CN2CCOCC2)cc1Br. The molecule has 0 unspecified atom stereocenters. The number of halogens is 1. The summed E-state index contributed by atoms with van der Waals surface area (Å²) in [6.07, 6.45) is 0. The third-order valence-electron chi connectivity index (χ3n) is 4.49. The first-order valence-corrected chi connectivity index (χ1v) is 9.59. The molecule has 0 radical (unpaired) electrons. The van der Waals surface area contributed by atoms with Gasteiger partial charge in [-0.15, -0.1) is 0 Å². The Bertz CT molecular complexity index is 760. The molecule has 1 saturated heterocycles. The van der Waals surface area contributed by atoms with Crippen molar-refractivity contribution in [3.05, 3.63) is 63.6 Å². The molecule has 2 aromatic carbocycles. The molecule has 5 nitrogen and oxygen atoms in total. The van der Waals surface area contributed by atoms with Crippen molar-refractivity contribution in [1.29, 1.82) is 0 Å². The van der Waals surface area contributed by atoms with Gasteiger partial charge in [0.05, 0.1) is 13.2 Å². The third kappa shape index (κ3) is 5.30. The highest BCUT2D eigenvalue weighted by Crippen LogP contribution is 2.20. The molecule has 2 aromatic rings. The minimum atomic E-state index is -0.207. The van der Waals surface area contributed by atoms with Crippen molar-refractivity contribution in [2.24, 2.45) is 0 Å². The van der Waals surface area contributed by atoms with E-state index in [0.717, 1.165) is 54.1 Å². The quantitative estimate of drug-likeness (QED) is 0.774. The summed E-state index contributed by atoms with van der Waals surface area (Å²) in [6.45, 7) is 6.87. The molecule has 3 rings (SSSR count). The van der Waals surface area contributed by atoms with Crippen molar-refractivity contribution >= 4 is 27.6 Å². The Hall–Kier alpha value is -1.89. The lowest BCUT2D eigenvalue weighted by atomic mass is 10.1. The van der Waals surface area contributed by atoms with E-state index >= 15 is 0 Å². The minimum absolute atomic E-state index is 0.207. The van der Waals surface area contributed by atoms with Gasteiger partial charge in [0.15, 0.2) is 0 Å². The Balaban J connectivity index is 1.56. The maximum absolute atomic E-state index is 12.2. The normalized spacial score (nSPS) is 14.8. The van der Waals surface area contributed by atoms with Crippen LogP contribution in [0.2, 0.25) is 0 Å². The molecule has 2 amide bonds. The summed E-state index contributed by atoms with van der Waals surface area (Å²) in [5.74, 6) is 0. The van der Waals surface area contributed by atoms with Crippen LogP contribution in [0, 0.1) is 6.92 Å². The van der Waals surface area contributed by atoms with Crippen molar-refractivity contribution < 1.29 is 9.53 Å². The number of nitrogens with zero attached hydrogens (tertiary/aromatic N) is 1. The molecule has 0 saturated carbocycles. The van der Waals surface area contributed by atoms with Gasteiger partial charge in [0, 0.05) is 36.3 Å². The van der Waals surface area contributed by atoms with Gasteiger partial charge in [-0.05, 0) is 35.7 Å². The lowest BCUT2D eigenvalue weighted by Gasteiger charge is -2.27. The fraction of sp³-hybridized carbons (Fsp3) is 0.350. The zero-order valence-corrected chi connectivity index (χ0v) is 16.5. The van der Waals surface area contributed by atoms with Gasteiger partial charge in [-0.1, -0.05) is 46.3 Å². The van der Waals surface area contributed by atoms with Gasteiger partial charge < -0.3 is 15.4 Å². The number of ether oxygens (including phenoxy) is 1. The fourth-order valence-corrected chi connectivity index (χ4v) is 3.28. The second kappa shape index (κ2) is 9.16. The Kier molecular flexibility index (Phi) is 6.66. The Labute approximate surface area is 162 Å². The van der Waals surface area contributed by atoms with Gasteiger partial charge in [0.2, 0.25) is 0 Å². The molecule has 26 heavy (non-hydrogen) atoms. The first-order valence-electron chi connectivity index (χ1n) is 8.80. The highest BCUT2D eigenvalue weighted by molar-refractivity contribution is 9.10. The van der Waals surface area contributed by atoms with E-state index in [9.17, 15) is 4.79 Å². The van der Waals surface area contributed by atoms with Gasteiger partial charge in [-0.3, -0.25) is 4.90 Å². The van der Waals surface area contributed by atoms with E-state index in [1.54, 1.807) is 0 Å². The standard InChI is InChI=1S/C20H24BrN3O2/c1-15-6-7-18(12-19(15)21)23-20(25)22-13-16-4-2-3-5-17(16)14-24-8-10-26-11-9-24/h2-7,12H,8-11,13-14H2,1H3,(H2,22,23,25). The number of hydrogen-bond donors (Lipinski definition) is 2. The zero-order valence-electron chi connectivity index (χ0n) is 14.9. The molecule has 6 heteroatoms. The number of nitrogens with one attached hydrogen (secondary N) is 2. The lowest BCUT2D eigenvalue weighted by molar-refractivity contribution is 0.0341. The second-order valence-electron chi connectivity index (χ2n) is 6.43. The number of carbonyl (C=O) groups is 1. The van der Waals surface area contributed by atoms with Crippen LogP contribution in [0.3, 0.4) is 0 Å². The summed E-state index contributed by atoms with van der Waals surface area (Å²) in [5, 5.41) is 5.82. The summed E-state index contributed by atoms with van der Waals surface area (Å²) in [5.41, 5.74) is 4.28. The van der Waals surface area contributed by atoms with E-state index < -0.39 is 0 Å². The summed E-state index contributed by atoms with van der Waals surface area (Å²) in [6, 6.07) is 13.8.